The van der Waals surface area contributed by atoms with E-state index >= 15 is 0 Å². The fourth-order valence-corrected chi connectivity index (χ4v) is 3.41. The van der Waals surface area contributed by atoms with Crippen molar-refractivity contribution in [3.63, 3.8) is 0 Å². The number of ether oxygens (including phenoxy) is 2. The average molecular weight is 476 g/mol. The molecule has 0 aromatic heterocycles. The molecule has 1 aliphatic rings. The lowest BCUT2D eigenvalue weighted by Crippen LogP contribution is -2.40. The number of hydrogen-bond acceptors (Lipinski definition) is 6. The van der Waals surface area contributed by atoms with Crippen LogP contribution in [0.15, 0.2) is 48.5 Å². The van der Waals surface area contributed by atoms with Gasteiger partial charge >= 0.3 is 5.97 Å². The van der Waals surface area contributed by atoms with Crippen molar-refractivity contribution in [1.29, 1.82) is 0 Å². The van der Waals surface area contributed by atoms with Crippen molar-refractivity contribution < 1.29 is 24.2 Å². The second-order valence-corrected chi connectivity index (χ2v) is 9.14. The number of likely N-dealkylation sites (tertiary alicyclic amines) is 1. The zero-order valence-corrected chi connectivity index (χ0v) is 20.6. The molecule has 1 N–H and O–H groups in total. The molecule has 0 spiro atoms. The lowest BCUT2D eigenvalue weighted by molar-refractivity contribution is -0.163. The summed E-state index contributed by atoms with van der Waals surface area (Å²) in [5.74, 6) is -0.0659. The minimum Gasteiger partial charge on any atom is -0.476 e. The quantitative estimate of drug-likeness (QED) is 0.438. The van der Waals surface area contributed by atoms with E-state index in [2.05, 4.69) is 4.90 Å². The molecule has 0 atom stereocenters. The van der Waals surface area contributed by atoms with Crippen molar-refractivity contribution in [2.45, 2.75) is 52.2 Å². The van der Waals surface area contributed by atoms with Gasteiger partial charge in [-0.2, -0.15) is 0 Å². The van der Waals surface area contributed by atoms with Gasteiger partial charge in [0, 0.05) is 22.7 Å². The number of benzene rings is 2. The molecular formula is C26H34ClNO5. The number of carbonyl (C=O) groups excluding carboxylic acids is 2. The highest BCUT2D eigenvalue weighted by Gasteiger charge is 2.32. The van der Waals surface area contributed by atoms with Crippen molar-refractivity contribution >= 4 is 23.4 Å². The number of aliphatic hydroxyl groups is 1. The number of halogens is 1. The zero-order chi connectivity index (χ0) is 24.4. The molecule has 3 rings (SSSR count). The van der Waals surface area contributed by atoms with Crippen LogP contribution >= 0.6 is 11.6 Å². The largest absolute Gasteiger partial charge is 0.476 e. The Labute approximate surface area is 201 Å². The number of ketones is 1. The third-order valence-electron chi connectivity index (χ3n) is 5.05. The van der Waals surface area contributed by atoms with Gasteiger partial charge in [0.15, 0.2) is 11.4 Å². The Balaban J connectivity index is 0.000000405. The maximum Gasteiger partial charge on any atom is 0.350 e. The molecule has 7 heteroatoms. The highest BCUT2D eigenvalue weighted by atomic mass is 35.5. The van der Waals surface area contributed by atoms with Crippen LogP contribution in [0.2, 0.25) is 5.02 Å². The van der Waals surface area contributed by atoms with Gasteiger partial charge in [0.25, 0.3) is 0 Å². The monoisotopic (exact) mass is 475 g/mol. The molecule has 1 heterocycles. The van der Waals surface area contributed by atoms with Crippen LogP contribution < -0.4 is 4.74 Å². The minimum atomic E-state index is -1.12. The van der Waals surface area contributed by atoms with Crippen molar-refractivity contribution in [2.24, 2.45) is 0 Å². The topological polar surface area (TPSA) is 76.1 Å². The highest BCUT2D eigenvalue weighted by molar-refractivity contribution is 6.30. The summed E-state index contributed by atoms with van der Waals surface area (Å²) < 4.78 is 10.9. The molecular weight excluding hydrogens is 442 g/mol. The highest BCUT2D eigenvalue weighted by Crippen LogP contribution is 2.22. The Bertz CT molecular complexity index is 888. The van der Waals surface area contributed by atoms with Gasteiger partial charge in [-0.25, -0.2) is 4.79 Å². The van der Waals surface area contributed by atoms with E-state index in [0.717, 1.165) is 6.54 Å². The molecule has 2 aromatic rings. The zero-order valence-electron chi connectivity index (χ0n) is 19.8. The van der Waals surface area contributed by atoms with Crippen LogP contribution in [0.25, 0.3) is 0 Å². The maximum absolute atomic E-state index is 12.4. The van der Waals surface area contributed by atoms with Crippen LogP contribution in [0.4, 0.5) is 0 Å². The van der Waals surface area contributed by atoms with Crippen LogP contribution in [0.1, 0.15) is 56.5 Å². The van der Waals surface area contributed by atoms with E-state index in [9.17, 15) is 9.59 Å². The van der Waals surface area contributed by atoms with Gasteiger partial charge in [0.05, 0.1) is 12.7 Å². The molecule has 1 saturated heterocycles. The SMILES string of the molecule is CC(C)OC(=O)C(C)(C)Oc1ccc(C(=O)c2ccc(Cl)cc2)cc1.OCCN1CCCC1. The fourth-order valence-electron chi connectivity index (χ4n) is 3.28. The van der Waals surface area contributed by atoms with Gasteiger partial charge in [-0.05, 0) is 102 Å². The summed E-state index contributed by atoms with van der Waals surface area (Å²) in [6, 6.07) is 13.4. The van der Waals surface area contributed by atoms with Crippen LogP contribution in [0, 0.1) is 0 Å². The molecule has 1 fully saturated rings. The first-order valence-electron chi connectivity index (χ1n) is 11.3. The number of hydrogen-bond donors (Lipinski definition) is 1. The maximum atomic E-state index is 12.4. The van der Waals surface area contributed by atoms with E-state index in [1.54, 1.807) is 76.2 Å². The molecule has 180 valence electrons. The summed E-state index contributed by atoms with van der Waals surface area (Å²) >= 11 is 5.84. The van der Waals surface area contributed by atoms with E-state index in [4.69, 9.17) is 26.2 Å². The molecule has 0 bridgehead atoms. The Hall–Kier alpha value is -2.41. The van der Waals surface area contributed by atoms with Gasteiger partial charge in [-0.15, -0.1) is 0 Å². The molecule has 0 aliphatic carbocycles. The van der Waals surface area contributed by atoms with Crippen molar-refractivity contribution in [2.75, 3.05) is 26.2 Å². The average Bonchev–Trinajstić information content (AvgIpc) is 3.28. The number of nitrogens with zero attached hydrogens (tertiary/aromatic N) is 1. The lowest BCUT2D eigenvalue weighted by atomic mass is 10.0. The van der Waals surface area contributed by atoms with Crippen molar-refractivity contribution in [1.82, 2.24) is 4.90 Å². The van der Waals surface area contributed by atoms with E-state index in [-0.39, 0.29) is 11.9 Å². The number of esters is 1. The van der Waals surface area contributed by atoms with Crippen LogP contribution in [-0.4, -0.2) is 59.7 Å². The predicted octanol–water partition coefficient (Wildman–Crippen LogP) is 4.75. The second kappa shape index (κ2) is 12.7. The lowest BCUT2D eigenvalue weighted by Gasteiger charge is -2.25. The van der Waals surface area contributed by atoms with Crippen molar-refractivity contribution in [3.05, 3.63) is 64.7 Å². The smallest absolute Gasteiger partial charge is 0.350 e. The minimum absolute atomic E-state index is 0.110. The van der Waals surface area contributed by atoms with E-state index in [1.165, 1.54) is 25.9 Å². The molecule has 0 saturated carbocycles. The first-order valence-corrected chi connectivity index (χ1v) is 11.6. The summed E-state index contributed by atoms with van der Waals surface area (Å²) in [6.07, 6.45) is 2.43. The third-order valence-corrected chi connectivity index (χ3v) is 5.30. The third kappa shape index (κ3) is 8.80. The standard InChI is InChI=1S/C20H21ClO4.C6H13NO/c1-13(2)24-19(23)20(3,4)25-17-11-7-15(8-12-17)18(22)14-5-9-16(21)10-6-14;8-6-5-7-3-1-2-4-7/h5-13H,1-4H3;8H,1-6H2. The van der Waals surface area contributed by atoms with Gasteiger partial charge in [0.1, 0.15) is 5.75 Å². The number of rotatable bonds is 8. The summed E-state index contributed by atoms with van der Waals surface area (Å²) in [5, 5.41) is 9.06. The molecule has 1 aliphatic heterocycles. The van der Waals surface area contributed by atoms with Crippen molar-refractivity contribution in [3.8, 4) is 5.75 Å². The molecule has 6 nitrogen and oxygen atoms in total. The second-order valence-electron chi connectivity index (χ2n) is 8.70. The van der Waals surface area contributed by atoms with Gasteiger partial charge < -0.3 is 19.5 Å². The van der Waals surface area contributed by atoms with Gasteiger partial charge in [-0.3, -0.25) is 4.79 Å². The Morgan fingerprint density at radius 2 is 1.52 bits per heavy atom. The van der Waals surface area contributed by atoms with Gasteiger partial charge in [-0.1, -0.05) is 11.6 Å². The summed E-state index contributed by atoms with van der Waals surface area (Å²) in [4.78, 5) is 26.8. The number of carbonyl (C=O) groups is 2. The van der Waals surface area contributed by atoms with Gasteiger partial charge in [0.2, 0.25) is 0 Å². The Morgan fingerprint density at radius 1 is 1.00 bits per heavy atom. The predicted molar refractivity (Wildman–Crippen MR) is 130 cm³/mol. The number of β-amino-alcohol motifs (C(OH)–C–C–N with tert-alkyl or cyclic N) is 1. The summed E-state index contributed by atoms with van der Waals surface area (Å²) in [7, 11) is 0. The van der Waals surface area contributed by atoms with Crippen LogP contribution in [0.3, 0.4) is 0 Å². The molecule has 2 aromatic carbocycles. The van der Waals surface area contributed by atoms with E-state index < -0.39 is 11.6 Å². The first-order chi connectivity index (χ1) is 15.6. The normalized spacial score (nSPS) is 13.9. The Kier molecular flexibility index (Phi) is 10.4. The van der Waals surface area contributed by atoms with Crippen LogP contribution in [0.5, 0.6) is 5.75 Å². The molecule has 33 heavy (non-hydrogen) atoms. The molecule has 0 amide bonds. The summed E-state index contributed by atoms with van der Waals surface area (Å²) in [5.41, 5.74) is -0.0393. The summed E-state index contributed by atoms with van der Waals surface area (Å²) in [6.45, 7) is 10.4. The van der Waals surface area contributed by atoms with E-state index in [1.807, 2.05) is 0 Å². The van der Waals surface area contributed by atoms with E-state index in [0.29, 0.717) is 28.5 Å². The molecule has 0 radical (unpaired) electrons. The fraction of sp³-hybridized carbons (Fsp3) is 0.462. The molecule has 0 unspecified atom stereocenters. The number of aliphatic hydroxyl groups excluding tert-OH is 1. The first kappa shape index (κ1) is 26.8. The Morgan fingerprint density at radius 3 is 2.00 bits per heavy atom. The van der Waals surface area contributed by atoms with Crippen LogP contribution in [-0.2, 0) is 9.53 Å².